The van der Waals surface area contributed by atoms with Gasteiger partial charge in [0.1, 0.15) is 0 Å². The Hall–Kier alpha value is -0.480. The van der Waals surface area contributed by atoms with Gasteiger partial charge in [0.25, 0.3) is 0 Å². The van der Waals surface area contributed by atoms with Gasteiger partial charge in [0.2, 0.25) is 0 Å². The third kappa shape index (κ3) is 2.98. The number of nitrogens with one attached hydrogen (secondary N) is 1. The third-order valence-electron chi connectivity index (χ3n) is 2.68. The average molecular weight is 250 g/mol. The standard InChI is InChI=1S/C10H15N3.2ClH/c11-8-4-5-9-7(6-8)2-1-3-10(9)13-12;;/h1-3,8,13H,4-6,11-12H2;2*1H. The highest BCUT2D eigenvalue weighted by Crippen LogP contribution is 2.26. The van der Waals surface area contributed by atoms with Gasteiger partial charge in [-0.05, 0) is 36.5 Å². The number of hydrogen-bond acceptors (Lipinski definition) is 3. The Morgan fingerprint density at radius 2 is 2.00 bits per heavy atom. The zero-order valence-electron chi connectivity index (χ0n) is 8.40. The summed E-state index contributed by atoms with van der Waals surface area (Å²) in [5, 5.41) is 0. The van der Waals surface area contributed by atoms with Gasteiger partial charge < -0.3 is 11.2 Å². The van der Waals surface area contributed by atoms with Crippen molar-refractivity contribution in [3.63, 3.8) is 0 Å². The lowest BCUT2D eigenvalue weighted by molar-refractivity contribution is 0.577. The largest absolute Gasteiger partial charge is 0.327 e. The minimum Gasteiger partial charge on any atom is -0.327 e. The summed E-state index contributed by atoms with van der Waals surface area (Å²) >= 11 is 0. The maximum absolute atomic E-state index is 5.89. The van der Waals surface area contributed by atoms with E-state index in [2.05, 4.69) is 11.5 Å². The van der Waals surface area contributed by atoms with E-state index in [4.69, 9.17) is 11.6 Å². The lowest BCUT2D eigenvalue weighted by atomic mass is 9.88. The number of nitrogen functional groups attached to an aromatic ring is 1. The molecule has 1 aliphatic carbocycles. The number of hydrazine groups is 1. The maximum Gasteiger partial charge on any atom is 0.0519 e. The number of nitrogens with two attached hydrogens (primary N) is 2. The number of hydrogen-bond donors (Lipinski definition) is 3. The first-order chi connectivity index (χ1) is 6.31. The highest BCUT2D eigenvalue weighted by molar-refractivity contribution is 5.85. The van der Waals surface area contributed by atoms with E-state index < -0.39 is 0 Å². The Morgan fingerprint density at radius 3 is 2.67 bits per heavy atom. The normalized spacial score (nSPS) is 18.1. The lowest BCUT2D eigenvalue weighted by Crippen LogP contribution is -2.28. The fraction of sp³-hybridized carbons (Fsp3) is 0.400. The molecule has 0 bridgehead atoms. The Morgan fingerprint density at radius 1 is 1.27 bits per heavy atom. The number of halogens is 2. The van der Waals surface area contributed by atoms with E-state index in [1.807, 2.05) is 12.1 Å². The number of rotatable bonds is 1. The molecule has 3 nitrogen and oxygen atoms in total. The van der Waals surface area contributed by atoms with Gasteiger partial charge in [-0.2, -0.15) is 0 Å². The van der Waals surface area contributed by atoms with Crippen LogP contribution in [0.3, 0.4) is 0 Å². The molecule has 1 aliphatic rings. The predicted octanol–water partition coefficient (Wildman–Crippen LogP) is 1.63. The van der Waals surface area contributed by atoms with Crippen molar-refractivity contribution >= 4 is 30.5 Å². The van der Waals surface area contributed by atoms with Crippen molar-refractivity contribution < 1.29 is 0 Å². The first kappa shape index (κ1) is 14.5. The van der Waals surface area contributed by atoms with Gasteiger partial charge >= 0.3 is 0 Å². The first-order valence-corrected chi connectivity index (χ1v) is 4.64. The Bertz CT molecular complexity index is 318. The molecule has 2 rings (SSSR count). The topological polar surface area (TPSA) is 64.1 Å². The van der Waals surface area contributed by atoms with Gasteiger partial charge in [0.15, 0.2) is 0 Å². The molecule has 0 saturated carbocycles. The van der Waals surface area contributed by atoms with Crippen LogP contribution < -0.4 is 17.0 Å². The Labute approximate surface area is 102 Å². The zero-order chi connectivity index (χ0) is 9.26. The van der Waals surface area contributed by atoms with Crippen molar-refractivity contribution in [1.29, 1.82) is 0 Å². The summed E-state index contributed by atoms with van der Waals surface area (Å²) in [6.07, 6.45) is 3.08. The van der Waals surface area contributed by atoms with Crippen LogP contribution in [-0.2, 0) is 12.8 Å². The van der Waals surface area contributed by atoms with Crippen molar-refractivity contribution in [2.75, 3.05) is 5.43 Å². The summed E-state index contributed by atoms with van der Waals surface area (Å²) in [6, 6.07) is 6.48. The first-order valence-electron chi connectivity index (χ1n) is 4.64. The smallest absolute Gasteiger partial charge is 0.0519 e. The fourth-order valence-corrected chi connectivity index (χ4v) is 1.97. The highest BCUT2D eigenvalue weighted by atomic mass is 35.5. The van der Waals surface area contributed by atoms with Crippen LogP contribution in [0, 0.1) is 0 Å². The molecule has 86 valence electrons. The van der Waals surface area contributed by atoms with Crippen LogP contribution in [0.4, 0.5) is 5.69 Å². The van der Waals surface area contributed by atoms with Crippen molar-refractivity contribution in [2.45, 2.75) is 25.3 Å². The van der Waals surface area contributed by atoms with Crippen LogP contribution in [0.5, 0.6) is 0 Å². The van der Waals surface area contributed by atoms with E-state index in [1.165, 1.54) is 11.1 Å². The van der Waals surface area contributed by atoms with Gasteiger partial charge in [0.05, 0.1) is 5.69 Å². The predicted molar refractivity (Wildman–Crippen MR) is 68.7 cm³/mol. The maximum atomic E-state index is 5.89. The van der Waals surface area contributed by atoms with Crippen LogP contribution >= 0.6 is 24.8 Å². The molecule has 0 heterocycles. The number of benzene rings is 1. The molecule has 15 heavy (non-hydrogen) atoms. The minimum absolute atomic E-state index is 0. The molecular formula is C10H17Cl2N3. The number of fused-ring (bicyclic) bond motifs is 1. The molecule has 0 saturated heterocycles. The quantitative estimate of drug-likeness (QED) is 0.524. The second kappa shape index (κ2) is 6.18. The van der Waals surface area contributed by atoms with Crippen LogP contribution in [0.25, 0.3) is 0 Å². The molecule has 0 aliphatic heterocycles. The Kier molecular flexibility index (Phi) is 5.98. The third-order valence-corrected chi connectivity index (χ3v) is 2.68. The van der Waals surface area contributed by atoms with Gasteiger partial charge in [-0.1, -0.05) is 12.1 Å². The minimum atomic E-state index is 0. The SMILES string of the molecule is Cl.Cl.NNc1cccc2c1CCC(N)C2. The summed E-state index contributed by atoms with van der Waals surface area (Å²) in [5.74, 6) is 5.43. The summed E-state index contributed by atoms with van der Waals surface area (Å²) in [5.41, 5.74) is 12.3. The van der Waals surface area contributed by atoms with E-state index in [9.17, 15) is 0 Å². The molecular weight excluding hydrogens is 233 g/mol. The van der Waals surface area contributed by atoms with E-state index in [1.54, 1.807) is 0 Å². The van der Waals surface area contributed by atoms with Crippen molar-refractivity contribution in [3.8, 4) is 0 Å². The van der Waals surface area contributed by atoms with Crippen LogP contribution in [0.15, 0.2) is 18.2 Å². The van der Waals surface area contributed by atoms with Crippen LogP contribution in [0.1, 0.15) is 17.5 Å². The summed E-state index contributed by atoms with van der Waals surface area (Å²) < 4.78 is 0. The molecule has 1 aromatic rings. The van der Waals surface area contributed by atoms with Crippen molar-refractivity contribution in [2.24, 2.45) is 11.6 Å². The van der Waals surface area contributed by atoms with Gasteiger partial charge in [-0.25, -0.2) is 0 Å². The molecule has 5 heteroatoms. The molecule has 0 fully saturated rings. The molecule has 0 spiro atoms. The Balaban J connectivity index is 0.000000980. The molecule has 0 radical (unpaired) electrons. The second-order valence-corrected chi connectivity index (χ2v) is 3.59. The summed E-state index contributed by atoms with van der Waals surface area (Å²) in [7, 11) is 0. The molecule has 1 unspecified atom stereocenters. The van der Waals surface area contributed by atoms with Crippen molar-refractivity contribution in [1.82, 2.24) is 0 Å². The molecule has 0 aromatic heterocycles. The van der Waals surface area contributed by atoms with E-state index in [0.717, 1.165) is 24.9 Å². The molecule has 1 atom stereocenters. The molecule has 1 aromatic carbocycles. The second-order valence-electron chi connectivity index (χ2n) is 3.59. The number of anilines is 1. The zero-order valence-corrected chi connectivity index (χ0v) is 10.0. The van der Waals surface area contributed by atoms with E-state index in [-0.39, 0.29) is 24.8 Å². The van der Waals surface area contributed by atoms with Crippen LogP contribution in [0.2, 0.25) is 0 Å². The van der Waals surface area contributed by atoms with E-state index in [0.29, 0.717) is 6.04 Å². The van der Waals surface area contributed by atoms with E-state index >= 15 is 0 Å². The lowest BCUT2D eigenvalue weighted by Gasteiger charge is -2.23. The monoisotopic (exact) mass is 249 g/mol. The van der Waals surface area contributed by atoms with Gasteiger partial charge in [-0.3, -0.25) is 5.84 Å². The van der Waals surface area contributed by atoms with Crippen LogP contribution in [-0.4, -0.2) is 6.04 Å². The highest BCUT2D eigenvalue weighted by Gasteiger charge is 2.17. The summed E-state index contributed by atoms with van der Waals surface area (Å²) in [4.78, 5) is 0. The van der Waals surface area contributed by atoms with Gasteiger partial charge in [-0.15, -0.1) is 24.8 Å². The average Bonchev–Trinajstić information content (AvgIpc) is 2.16. The van der Waals surface area contributed by atoms with Crippen molar-refractivity contribution in [3.05, 3.63) is 29.3 Å². The molecule has 0 amide bonds. The molecule has 5 N–H and O–H groups in total. The fourth-order valence-electron chi connectivity index (χ4n) is 1.97. The van der Waals surface area contributed by atoms with Gasteiger partial charge in [0, 0.05) is 6.04 Å². The summed E-state index contributed by atoms with van der Waals surface area (Å²) in [6.45, 7) is 0.